The number of hydrogen-bond acceptors (Lipinski definition) is 0. The fourth-order valence-electron chi connectivity index (χ4n) is 0. The van der Waals surface area contributed by atoms with Crippen molar-refractivity contribution in [3.8, 4) is 0 Å². The van der Waals surface area contributed by atoms with Crippen LogP contribution >= 0.6 is 27.5 Å². The second kappa shape index (κ2) is 1.97. The quantitative estimate of drug-likeness (QED) is 0.459. The van der Waals surface area contributed by atoms with Crippen LogP contribution in [-0.2, 0) is 0 Å². The van der Waals surface area contributed by atoms with Gasteiger partial charge in [0.15, 0.2) is 0 Å². The molecule has 0 aromatic carbocycles. The first-order chi connectivity index (χ1) is 1.73. The van der Waals surface area contributed by atoms with Crippen LogP contribution < -0.4 is 0 Å². The van der Waals surface area contributed by atoms with Gasteiger partial charge < -0.3 is 0 Å². The fourth-order valence-corrected chi connectivity index (χ4v) is 0. The summed E-state index contributed by atoms with van der Waals surface area (Å²) in [5.74, 6) is 0. The number of alkyl halides is 3. The molecule has 0 unspecified atom stereocenters. The minimum absolute atomic E-state index is 1.38. The second-order valence-corrected chi connectivity index (χ2v) is 1.96. The van der Waals surface area contributed by atoms with E-state index in [2.05, 4.69) is 27.5 Å². The summed E-state index contributed by atoms with van der Waals surface area (Å²) in [6, 6.07) is 0. The molecule has 4 heavy (non-hydrogen) atoms. The van der Waals surface area contributed by atoms with E-state index in [4.69, 9.17) is 0 Å². The highest BCUT2D eigenvalue weighted by Gasteiger charge is 1.80. The normalized spacial score (nSPS) is 15.8. The summed E-state index contributed by atoms with van der Waals surface area (Å²) < 4.78 is 9.30. The van der Waals surface area contributed by atoms with E-state index in [1.54, 1.807) is 0 Å². The number of hydrogen-bond donors (Lipinski definition) is 0. The summed E-state index contributed by atoms with van der Waals surface area (Å²) in [6.45, 7) is 0. The average Bonchev–Trinajstić information content (AvgIpc) is 0.811. The van der Waals surface area contributed by atoms with Crippen molar-refractivity contribution in [2.24, 2.45) is 0 Å². The molecule has 0 radical (unpaired) electrons. The van der Waals surface area contributed by atoms with E-state index >= 15 is 0 Å². The lowest BCUT2D eigenvalue weighted by Crippen LogP contribution is -1.57. The second-order valence-electron chi connectivity index (χ2n) is 0.247. The van der Waals surface area contributed by atoms with E-state index in [1.807, 2.05) is 0 Å². The van der Waals surface area contributed by atoms with Crippen molar-refractivity contribution >= 4 is 27.5 Å². The van der Waals surface area contributed by atoms with Crippen LogP contribution in [0.3, 0.4) is 0 Å². The Morgan fingerprint density at radius 3 is 2.00 bits per heavy atom. The van der Waals surface area contributed by atoms with Gasteiger partial charge in [-0.1, -0.05) is 11.6 Å². The summed E-state index contributed by atoms with van der Waals surface area (Å²) in [5.41, 5.74) is 0. The van der Waals surface area contributed by atoms with Gasteiger partial charge in [-0.25, -0.2) is 4.39 Å². The van der Waals surface area contributed by atoms with Crippen molar-refractivity contribution in [2.75, 3.05) is 0 Å². The zero-order valence-electron chi connectivity index (χ0n) is 1.71. The van der Waals surface area contributed by atoms with Crippen LogP contribution in [0.5, 0.6) is 0 Å². The van der Waals surface area contributed by atoms with Gasteiger partial charge in [0.05, 0.1) is 0 Å². The molecular weight excluding hydrogens is 146 g/mol. The van der Waals surface area contributed by atoms with Gasteiger partial charge in [-0.2, -0.15) is 0 Å². The zero-order valence-corrected chi connectivity index (χ0v) is 4.05. The lowest BCUT2D eigenvalue weighted by atomic mass is 11.8. The molecule has 0 N–H and O–H groups in total. The van der Waals surface area contributed by atoms with Crippen LogP contribution in [0.2, 0.25) is 0 Å². The Labute approximate surface area is 37.1 Å². The molecule has 0 saturated heterocycles. The Hall–Kier alpha value is 0.700. The Balaban J connectivity index is 2.32. The van der Waals surface area contributed by atoms with Crippen LogP contribution in [-0.4, -0.2) is 4.54 Å². The smallest absolute Gasteiger partial charge is 0.217 e. The van der Waals surface area contributed by atoms with Gasteiger partial charge in [0.1, 0.15) is 0 Å². The standard InChI is InChI=1S/CHBrClF/c2-1(3)4/h1H/t1-/m0/s1. The highest BCUT2D eigenvalue weighted by atomic mass is 79.9. The van der Waals surface area contributed by atoms with Crippen LogP contribution in [0.1, 0.15) is 0 Å². The molecule has 1 atom stereocenters. The highest BCUT2D eigenvalue weighted by Crippen LogP contribution is 2.02. The predicted octanol–water partition coefficient (Wildman–Crippen LogP) is 1.87. The van der Waals surface area contributed by atoms with E-state index in [0.717, 1.165) is 0 Å². The molecule has 0 fully saturated rings. The van der Waals surface area contributed by atoms with Crippen molar-refractivity contribution < 1.29 is 4.39 Å². The van der Waals surface area contributed by atoms with Crippen LogP contribution in [0, 0.1) is 0 Å². The molecule has 0 rings (SSSR count). The van der Waals surface area contributed by atoms with E-state index in [1.165, 1.54) is 0 Å². The van der Waals surface area contributed by atoms with Gasteiger partial charge in [0.2, 0.25) is 4.54 Å². The Kier molecular flexibility index (Phi) is 2.32. The van der Waals surface area contributed by atoms with Crippen molar-refractivity contribution in [1.29, 1.82) is 0 Å². The molecular formula is CHBrClF. The average molecular weight is 147 g/mol. The van der Waals surface area contributed by atoms with Gasteiger partial charge in [-0.05, 0) is 15.9 Å². The van der Waals surface area contributed by atoms with Gasteiger partial charge in [-0.15, -0.1) is 0 Å². The first-order valence-corrected chi connectivity index (χ1v) is 2.01. The largest absolute Gasteiger partial charge is 0.227 e. The SMILES string of the molecule is F[C@H](Cl)Br. The Morgan fingerprint density at radius 1 is 2.00 bits per heavy atom. The minimum atomic E-state index is -1.38. The summed E-state index contributed by atoms with van der Waals surface area (Å²) in [7, 11) is 0. The van der Waals surface area contributed by atoms with Crippen molar-refractivity contribution in [1.82, 2.24) is 0 Å². The third kappa shape index (κ3) is 15.9. The molecule has 0 amide bonds. The molecule has 0 saturated carbocycles. The first-order valence-electron chi connectivity index (χ1n) is 0.655. The van der Waals surface area contributed by atoms with Crippen LogP contribution in [0.4, 0.5) is 4.39 Å². The molecule has 3 heteroatoms. The summed E-state index contributed by atoms with van der Waals surface area (Å²) in [6.07, 6.45) is 0. The zero-order chi connectivity index (χ0) is 3.58. The molecule has 0 aliphatic rings. The van der Waals surface area contributed by atoms with Crippen molar-refractivity contribution in [3.63, 3.8) is 0 Å². The first kappa shape index (κ1) is 4.70. The van der Waals surface area contributed by atoms with Crippen LogP contribution in [0.15, 0.2) is 0 Å². The molecule has 0 aliphatic carbocycles. The summed E-state index contributed by atoms with van der Waals surface area (Å²) in [4.78, 5) is 0. The molecule has 0 bridgehead atoms. The Bertz CT molecular complexity index is 12.8. The predicted molar refractivity (Wildman–Crippen MR) is 19.7 cm³/mol. The molecule has 0 heterocycles. The topological polar surface area (TPSA) is 0 Å². The monoisotopic (exact) mass is 146 g/mol. The van der Waals surface area contributed by atoms with Crippen LogP contribution in [0.25, 0.3) is 0 Å². The fraction of sp³-hybridized carbons (Fsp3) is 1.00. The summed E-state index contributed by atoms with van der Waals surface area (Å²) in [5, 5.41) is 0. The maximum Gasteiger partial charge on any atom is 0.227 e. The van der Waals surface area contributed by atoms with Crippen molar-refractivity contribution in [3.05, 3.63) is 0 Å². The van der Waals surface area contributed by atoms with Gasteiger partial charge in [0.25, 0.3) is 0 Å². The maximum atomic E-state index is 10.7. The minimum Gasteiger partial charge on any atom is -0.217 e. The Morgan fingerprint density at radius 2 is 2.00 bits per heavy atom. The molecule has 0 spiro atoms. The van der Waals surface area contributed by atoms with Gasteiger partial charge in [-0.3, -0.25) is 0 Å². The molecule has 0 aromatic heterocycles. The molecule has 0 nitrogen and oxygen atoms in total. The van der Waals surface area contributed by atoms with Gasteiger partial charge >= 0.3 is 0 Å². The number of rotatable bonds is 0. The van der Waals surface area contributed by atoms with E-state index < -0.39 is 4.54 Å². The number of halogens is 3. The molecule has 26 valence electrons. The van der Waals surface area contributed by atoms with E-state index in [0.29, 0.717) is 0 Å². The van der Waals surface area contributed by atoms with Crippen molar-refractivity contribution in [2.45, 2.75) is 4.54 Å². The summed E-state index contributed by atoms with van der Waals surface area (Å²) >= 11 is 6.89. The van der Waals surface area contributed by atoms with E-state index in [-0.39, 0.29) is 0 Å². The highest BCUT2D eigenvalue weighted by molar-refractivity contribution is 9.10. The third-order valence-corrected chi connectivity index (χ3v) is 0. The maximum absolute atomic E-state index is 10.7. The van der Waals surface area contributed by atoms with E-state index in [9.17, 15) is 4.39 Å². The molecule has 0 aromatic rings. The molecule has 0 aliphatic heterocycles. The lowest BCUT2D eigenvalue weighted by molar-refractivity contribution is 0.569. The van der Waals surface area contributed by atoms with Gasteiger partial charge in [0, 0.05) is 0 Å². The third-order valence-electron chi connectivity index (χ3n) is 0. The lowest BCUT2D eigenvalue weighted by Gasteiger charge is -1.68.